The highest BCUT2D eigenvalue weighted by atomic mass is 16.3. The molecule has 2 N–H and O–H groups in total. The first-order valence-corrected chi connectivity index (χ1v) is 2.59. The zero-order valence-corrected chi connectivity index (χ0v) is 4.79. The van der Waals surface area contributed by atoms with E-state index in [0.717, 1.165) is 5.76 Å². The van der Waals surface area contributed by atoms with Gasteiger partial charge in [0.25, 0.3) is 0 Å². The molecule has 0 aliphatic carbocycles. The van der Waals surface area contributed by atoms with Crippen LogP contribution >= 0.6 is 0 Å². The molecule has 2 nitrogen and oxygen atoms in total. The normalized spacial score (nSPS) is 13.8. The second-order valence-electron chi connectivity index (χ2n) is 1.80. The Balaban J connectivity index is 2.77. The summed E-state index contributed by atoms with van der Waals surface area (Å²) in [5, 5.41) is 0. The van der Waals surface area contributed by atoms with Gasteiger partial charge in [-0.1, -0.05) is 0 Å². The van der Waals surface area contributed by atoms with Gasteiger partial charge in [0, 0.05) is 0 Å². The van der Waals surface area contributed by atoms with Gasteiger partial charge in [0.15, 0.2) is 0 Å². The van der Waals surface area contributed by atoms with E-state index < -0.39 is 0 Å². The van der Waals surface area contributed by atoms with Crippen molar-refractivity contribution in [3.05, 3.63) is 24.2 Å². The number of rotatable bonds is 1. The predicted octanol–water partition coefficient (Wildman–Crippen LogP) is 1.30. The lowest BCUT2D eigenvalue weighted by Crippen LogP contribution is -2.02. The molecule has 1 rings (SSSR count). The summed E-state index contributed by atoms with van der Waals surface area (Å²) >= 11 is 0. The summed E-state index contributed by atoms with van der Waals surface area (Å²) in [6.07, 6.45) is 1.62. The fourth-order valence-corrected chi connectivity index (χ4v) is 0.550. The fourth-order valence-electron chi connectivity index (χ4n) is 0.550. The molecule has 0 saturated carbocycles. The van der Waals surface area contributed by atoms with Crippen LogP contribution in [-0.2, 0) is 0 Å². The van der Waals surface area contributed by atoms with Crippen molar-refractivity contribution in [2.75, 3.05) is 0 Å². The lowest BCUT2D eigenvalue weighted by molar-refractivity contribution is 0.480. The summed E-state index contributed by atoms with van der Waals surface area (Å²) in [4.78, 5) is 0. The lowest BCUT2D eigenvalue weighted by Gasteiger charge is -1.95. The third kappa shape index (κ3) is 0.898. The zero-order valence-electron chi connectivity index (χ0n) is 4.79. The molecule has 0 aromatic carbocycles. The van der Waals surface area contributed by atoms with Gasteiger partial charge in [0.05, 0.1) is 12.3 Å². The maximum Gasteiger partial charge on any atom is 0.120 e. The first-order chi connectivity index (χ1) is 3.80. The van der Waals surface area contributed by atoms with Gasteiger partial charge in [-0.3, -0.25) is 0 Å². The Kier molecular flexibility index (Phi) is 1.35. The molecule has 0 aliphatic heterocycles. The monoisotopic (exact) mass is 111 g/mol. The van der Waals surface area contributed by atoms with Crippen LogP contribution in [0.2, 0.25) is 0 Å². The highest BCUT2D eigenvalue weighted by Crippen LogP contribution is 2.07. The van der Waals surface area contributed by atoms with Crippen LogP contribution in [0.25, 0.3) is 0 Å². The largest absolute Gasteiger partial charge is 0.468 e. The Hall–Kier alpha value is -0.760. The third-order valence-electron chi connectivity index (χ3n) is 0.992. The molecule has 1 heterocycles. The van der Waals surface area contributed by atoms with Crippen LogP contribution in [0.3, 0.4) is 0 Å². The Labute approximate surface area is 48.3 Å². The van der Waals surface area contributed by atoms with Crippen LogP contribution in [0, 0.1) is 0 Å². The SMILES string of the molecule is C[C@H](N)c1ccco1. The van der Waals surface area contributed by atoms with Crippen molar-refractivity contribution in [2.45, 2.75) is 13.0 Å². The molecule has 8 heavy (non-hydrogen) atoms. The highest BCUT2D eigenvalue weighted by Gasteiger charge is 1.98. The maximum atomic E-state index is 5.46. The minimum Gasteiger partial charge on any atom is -0.468 e. The predicted molar refractivity (Wildman–Crippen MR) is 31.3 cm³/mol. The number of hydrogen-bond donors (Lipinski definition) is 1. The zero-order chi connectivity index (χ0) is 5.98. The summed E-state index contributed by atoms with van der Waals surface area (Å²) in [6, 6.07) is 3.72. The number of nitrogens with two attached hydrogens (primary N) is 1. The maximum absolute atomic E-state index is 5.46. The smallest absolute Gasteiger partial charge is 0.120 e. The molecule has 44 valence electrons. The van der Waals surface area contributed by atoms with Crippen molar-refractivity contribution in [1.82, 2.24) is 0 Å². The fraction of sp³-hybridized carbons (Fsp3) is 0.333. The van der Waals surface area contributed by atoms with Crippen molar-refractivity contribution in [1.29, 1.82) is 0 Å². The van der Waals surface area contributed by atoms with Gasteiger partial charge in [-0.15, -0.1) is 0 Å². The Morgan fingerprint density at radius 2 is 2.50 bits per heavy atom. The molecule has 0 unspecified atom stereocenters. The van der Waals surface area contributed by atoms with Gasteiger partial charge in [-0.2, -0.15) is 0 Å². The molecule has 0 radical (unpaired) electrons. The van der Waals surface area contributed by atoms with Crippen LogP contribution in [0.15, 0.2) is 22.8 Å². The lowest BCUT2D eigenvalue weighted by atomic mass is 10.3. The molecule has 1 aromatic rings. The molecular formula is C6H9NO. The van der Waals surface area contributed by atoms with E-state index in [1.807, 2.05) is 19.1 Å². The van der Waals surface area contributed by atoms with Crippen molar-refractivity contribution >= 4 is 0 Å². The molecule has 2 heteroatoms. The molecular weight excluding hydrogens is 102 g/mol. The van der Waals surface area contributed by atoms with Crippen molar-refractivity contribution in [3.8, 4) is 0 Å². The van der Waals surface area contributed by atoms with Crippen LogP contribution in [-0.4, -0.2) is 0 Å². The Bertz CT molecular complexity index is 144. The van der Waals surface area contributed by atoms with Gasteiger partial charge in [0.2, 0.25) is 0 Å². The molecule has 0 bridgehead atoms. The van der Waals surface area contributed by atoms with Gasteiger partial charge < -0.3 is 10.2 Å². The summed E-state index contributed by atoms with van der Waals surface area (Å²) in [7, 11) is 0. The molecule has 0 aliphatic rings. The summed E-state index contributed by atoms with van der Waals surface area (Å²) in [6.45, 7) is 1.89. The van der Waals surface area contributed by atoms with Gasteiger partial charge in [-0.25, -0.2) is 0 Å². The second kappa shape index (κ2) is 2.01. The van der Waals surface area contributed by atoms with Crippen molar-refractivity contribution < 1.29 is 4.42 Å². The Morgan fingerprint density at radius 3 is 2.75 bits per heavy atom. The van der Waals surface area contributed by atoms with Gasteiger partial charge in [0.1, 0.15) is 5.76 Å². The minimum atomic E-state index is 0.0185. The van der Waals surface area contributed by atoms with E-state index in [1.165, 1.54) is 0 Å². The molecule has 0 amide bonds. The highest BCUT2D eigenvalue weighted by molar-refractivity contribution is 5.01. The molecule has 0 fully saturated rings. The third-order valence-corrected chi connectivity index (χ3v) is 0.992. The summed E-state index contributed by atoms with van der Waals surface area (Å²) < 4.78 is 4.97. The van der Waals surface area contributed by atoms with E-state index >= 15 is 0 Å². The quantitative estimate of drug-likeness (QED) is 0.593. The van der Waals surface area contributed by atoms with Crippen LogP contribution in [0.1, 0.15) is 18.7 Å². The van der Waals surface area contributed by atoms with Crippen molar-refractivity contribution in [2.24, 2.45) is 5.73 Å². The van der Waals surface area contributed by atoms with E-state index in [2.05, 4.69) is 0 Å². The molecule has 1 aromatic heterocycles. The molecule has 1 atom stereocenters. The molecule has 0 saturated heterocycles. The molecule has 0 spiro atoms. The Morgan fingerprint density at radius 1 is 1.75 bits per heavy atom. The average Bonchev–Trinajstić information content (AvgIpc) is 2.12. The second-order valence-corrected chi connectivity index (χ2v) is 1.80. The van der Waals surface area contributed by atoms with Crippen LogP contribution in [0.4, 0.5) is 0 Å². The van der Waals surface area contributed by atoms with Gasteiger partial charge in [-0.05, 0) is 19.1 Å². The average molecular weight is 111 g/mol. The van der Waals surface area contributed by atoms with Crippen molar-refractivity contribution in [3.63, 3.8) is 0 Å². The number of furan rings is 1. The van der Waals surface area contributed by atoms with Gasteiger partial charge >= 0.3 is 0 Å². The number of hydrogen-bond acceptors (Lipinski definition) is 2. The topological polar surface area (TPSA) is 39.2 Å². The van der Waals surface area contributed by atoms with E-state index in [0.29, 0.717) is 0 Å². The van der Waals surface area contributed by atoms with E-state index in [4.69, 9.17) is 10.2 Å². The van der Waals surface area contributed by atoms with E-state index in [-0.39, 0.29) is 6.04 Å². The minimum absolute atomic E-state index is 0.0185. The van der Waals surface area contributed by atoms with E-state index in [1.54, 1.807) is 6.26 Å². The first-order valence-electron chi connectivity index (χ1n) is 2.59. The van der Waals surface area contributed by atoms with Crippen LogP contribution < -0.4 is 5.73 Å². The summed E-state index contributed by atoms with van der Waals surface area (Å²) in [5.74, 6) is 0.838. The summed E-state index contributed by atoms with van der Waals surface area (Å²) in [5.41, 5.74) is 5.46. The standard InChI is InChI=1S/C6H9NO/c1-5(7)6-3-2-4-8-6/h2-5H,7H2,1H3/t5-/m0/s1. The van der Waals surface area contributed by atoms with Crippen LogP contribution in [0.5, 0.6) is 0 Å². The first kappa shape index (κ1) is 5.38. The van der Waals surface area contributed by atoms with E-state index in [9.17, 15) is 0 Å².